The molecule has 4 heteroatoms. The molecule has 1 aliphatic heterocycles. The maximum absolute atomic E-state index is 12.2. The Morgan fingerprint density at radius 2 is 2.10 bits per heavy atom. The Morgan fingerprint density at radius 3 is 2.95 bits per heavy atom. The largest absolute Gasteiger partial charge is 0.508 e. The normalized spacial score (nSPS) is 13.1. The number of carbonyl (C=O) groups is 1. The molecule has 0 spiro atoms. The first-order valence-electron chi connectivity index (χ1n) is 7.16. The quantitative estimate of drug-likeness (QED) is 0.811. The zero-order valence-electron chi connectivity index (χ0n) is 11.7. The molecule has 0 aromatic heterocycles. The van der Waals surface area contributed by atoms with E-state index in [-0.39, 0.29) is 18.1 Å². The highest BCUT2D eigenvalue weighted by atomic mass is 16.3. The summed E-state index contributed by atoms with van der Waals surface area (Å²) in [4.78, 5) is 12.2. The summed E-state index contributed by atoms with van der Waals surface area (Å²) in [7, 11) is 0. The number of hydrogen-bond acceptors (Lipinski definition) is 3. The number of aromatic hydroxyl groups is 1. The summed E-state index contributed by atoms with van der Waals surface area (Å²) in [6.45, 7) is 0.980. The summed E-state index contributed by atoms with van der Waals surface area (Å²) in [5.74, 6) is 0.112. The number of rotatable bonds is 3. The first-order valence-corrected chi connectivity index (χ1v) is 7.16. The molecule has 1 heterocycles. The zero-order chi connectivity index (χ0) is 14.7. The van der Waals surface area contributed by atoms with Gasteiger partial charge in [0.1, 0.15) is 5.75 Å². The first kappa shape index (κ1) is 13.5. The Hall–Kier alpha value is -2.49. The highest BCUT2D eigenvalue weighted by molar-refractivity contribution is 5.94. The first-order chi connectivity index (χ1) is 10.2. The van der Waals surface area contributed by atoms with Crippen molar-refractivity contribution in [3.63, 3.8) is 0 Å². The average molecular weight is 282 g/mol. The number of phenolic OH excluding ortho intramolecular Hbond substituents is 1. The molecule has 0 unspecified atom stereocenters. The average Bonchev–Trinajstić information content (AvgIpc) is 2.47. The van der Waals surface area contributed by atoms with E-state index in [1.807, 2.05) is 24.3 Å². The molecule has 2 aromatic carbocycles. The molecule has 0 fully saturated rings. The summed E-state index contributed by atoms with van der Waals surface area (Å²) in [5, 5.41) is 15.8. The fraction of sp³-hybridized carbons (Fsp3) is 0.235. The van der Waals surface area contributed by atoms with Gasteiger partial charge < -0.3 is 15.7 Å². The lowest BCUT2D eigenvalue weighted by Gasteiger charge is -2.21. The number of fused-ring (bicyclic) bond motifs is 1. The van der Waals surface area contributed by atoms with E-state index in [2.05, 4.69) is 10.6 Å². The zero-order valence-corrected chi connectivity index (χ0v) is 11.7. The van der Waals surface area contributed by atoms with Crippen molar-refractivity contribution >= 4 is 17.3 Å². The molecule has 2 aromatic rings. The summed E-state index contributed by atoms with van der Waals surface area (Å²) >= 11 is 0. The minimum atomic E-state index is -0.0698. The lowest BCUT2D eigenvalue weighted by molar-refractivity contribution is -0.115. The van der Waals surface area contributed by atoms with Gasteiger partial charge in [-0.3, -0.25) is 4.79 Å². The van der Waals surface area contributed by atoms with Gasteiger partial charge >= 0.3 is 0 Å². The van der Waals surface area contributed by atoms with Crippen LogP contribution in [0.25, 0.3) is 0 Å². The number of nitrogens with one attached hydrogen (secondary N) is 2. The molecule has 108 valence electrons. The molecular formula is C17H18N2O2. The van der Waals surface area contributed by atoms with Crippen molar-refractivity contribution in [2.75, 3.05) is 17.2 Å². The van der Waals surface area contributed by atoms with Crippen LogP contribution in [-0.4, -0.2) is 17.6 Å². The van der Waals surface area contributed by atoms with E-state index in [0.717, 1.165) is 36.3 Å². The third kappa shape index (κ3) is 3.16. The van der Waals surface area contributed by atoms with E-state index < -0.39 is 0 Å². The maximum Gasteiger partial charge on any atom is 0.228 e. The molecule has 1 aliphatic rings. The molecule has 21 heavy (non-hydrogen) atoms. The van der Waals surface area contributed by atoms with E-state index >= 15 is 0 Å². The van der Waals surface area contributed by atoms with Gasteiger partial charge in [-0.1, -0.05) is 18.2 Å². The van der Waals surface area contributed by atoms with E-state index in [9.17, 15) is 9.90 Å². The SMILES string of the molecule is O=C(Cc1cccc(O)c1)Nc1cccc2c1CCCN2. The minimum Gasteiger partial charge on any atom is -0.508 e. The standard InChI is InChI=1S/C17H18N2O2/c20-13-5-1-4-12(10-13)11-17(21)19-16-8-2-7-15-14(16)6-3-9-18-15/h1-2,4-5,7-8,10,18,20H,3,6,9,11H2,(H,19,21). The minimum absolute atomic E-state index is 0.0698. The van der Waals surface area contributed by atoms with Crippen molar-refractivity contribution in [1.29, 1.82) is 0 Å². The van der Waals surface area contributed by atoms with Gasteiger partial charge in [0, 0.05) is 17.9 Å². The van der Waals surface area contributed by atoms with Crippen molar-refractivity contribution in [1.82, 2.24) is 0 Å². The van der Waals surface area contributed by atoms with Crippen LogP contribution in [0.4, 0.5) is 11.4 Å². The van der Waals surface area contributed by atoms with Gasteiger partial charge in [0.05, 0.1) is 6.42 Å². The Balaban J connectivity index is 1.73. The number of anilines is 2. The van der Waals surface area contributed by atoms with Crippen molar-refractivity contribution < 1.29 is 9.90 Å². The molecule has 0 saturated heterocycles. The number of amides is 1. The fourth-order valence-electron chi connectivity index (χ4n) is 2.67. The second-order valence-corrected chi connectivity index (χ2v) is 5.26. The van der Waals surface area contributed by atoms with Crippen LogP contribution in [-0.2, 0) is 17.6 Å². The summed E-state index contributed by atoms with van der Waals surface area (Å²) < 4.78 is 0. The smallest absolute Gasteiger partial charge is 0.228 e. The topological polar surface area (TPSA) is 61.4 Å². The fourth-order valence-corrected chi connectivity index (χ4v) is 2.67. The molecule has 4 nitrogen and oxygen atoms in total. The predicted octanol–water partition coefficient (Wildman–Crippen LogP) is 2.93. The van der Waals surface area contributed by atoms with Crippen LogP contribution < -0.4 is 10.6 Å². The van der Waals surface area contributed by atoms with Crippen molar-refractivity contribution in [3.8, 4) is 5.75 Å². The second-order valence-electron chi connectivity index (χ2n) is 5.26. The van der Waals surface area contributed by atoms with E-state index in [4.69, 9.17) is 0 Å². The number of hydrogen-bond donors (Lipinski definition) is 3. The third-order valence-corrected chi connectivity index (χ3v) is 3.64. The summed E-state index contributed by atoms with van der Waals surface area (Å²) in [6, 6.07) is 12.7. The van der Waals surface area contributed by atoms with E-state index in [0.29, 0.717) is 0 Å². The Morgan fingerprint density at radius 1 is 1.24 bits per heavy atom. The van der Waals surface area contributed by atoms with Gasteiger partial charge in [-0.2, -0.15) is 0 Å². The summed E-state index contributed by atoms with van der Waals surface area (Å²) in [5.41, 5.74) is 3.96. The van der Waals surface area contributed by atoms with E-state index in [1.165, 1.54) is 5.56 Å². The molecule has 0 radical (unpaired) electrons. The molecule has 3 N–H and O–H groups in total. The second kappa shape index (κ2) is 5.87. The van der Waals surface area contributed by atoms with Crippen LogP contribution in [0.15, 0.2) is 42.5 Å². The molecule has 3 rings (SSSR count). The lowest BCUT2D eigenvalue weighted by atomic mass is 10.0. The van der Waals surface area contributed by atoms with Gasteiger partial charge in [-0.25, -0.2) is 0 Å². The van der Waals surface area contributed by atoms with Crippen LogP contribution >= 0.6 is 0 Å². The molecule has 0 saturated carbocycles. The predicted molar refractivity (Wildman–Crippen MR) is 83.7 cm³/mol. The third-order valence-electron chi connectivity index (χ3n) is 3.64. The summed E-state index contributed by atoms with van der Waals surface area (Å²) in [6.07, 6.45) is 2.31. The Kier molecular flexibility index (Phi) is 3.77. The Bertz CT molecular complexity index is 668. The number of benzene rings is 2. The molecule has 0 atom stereocenters. The van der Waals surface area contributed by atoms with Gasteiger partial charge in [-0.05, 0) is 48.2 Å². The van der Waals surface area contributed by atoms with Crippen molar-refractivity contribution in [2.24, 2.45) is 0 Å². The molecular weight excluding hydrogens is 264 g/mol. The van der Waals surface area contributed by atoms with Crippen LogP contribution in [0.1, 0.15) is 17.5 Å². The van der Waals surface area contributed by atoms with Crippen molar-refractivity contribution in [3.05, 3.63) is 53.6 Å². The van der Waals surface area contributed by atoms with Crippen LogP contribution in [0.5, 0.6) is 5.75 Å². The van der Waals surface area contributed by atoms with E-state index in [1.54, 1.807) is 18.2 Å². The number of phenols is 1. The van der Waals surface area contributed by atoms with Gasteiger partial charge in [0.25, 0.3) is 0 Å². The van der Waals surface area contributed by atoms with Gasteiger partial charge in [0.2, 0.25) is 5.91 Å². The highest BCUT2D eigenvalue weighted by Gasteiger charge is 2.14. The van der Waals surface area contributed by atoms with Crippen LogP contribution in [0.2, 0.25) is 0 Å². The van der Waals surface area contributed by atoms with Gasteiger partial charge in [-0.15, -0.1) is 0 Å². The molecule has 1 amide bonds. The Labute approximate surface area is 123 Å². The van der Waals surface area contributed by atoms with Gasteiger partial charge in [0.15, 0.2) is 0 Å². The molecule has 0 aliphatic carbocycles. The van der Waals surface area contributed by atoms with Crippen LogP contribution in [0, 0.1) is 0 Å². The number of carbonyl (C=O) groups excluding carboxylic acids is 1. The maximum atomic E-state index is 12.2. The lowest BCUT2D eigenvalue weighted by Crippen LogP contribution is -2.18. The van der Waals surface area contributed by atoms with Crippen molar-refractivity contribution in [2.45, 2.75) is 19.3 Å². The monoisotopic (exact) mass is 282 g/mol. The molecule has 0 bridgehead atoms. The highest BCUT2D eigenvalue weighted by Crippen LogP contribution is 2.29. The van der Waals surface area contributed by atoms with Crippen LogP contribution in [0.3, 0.4) is 0 Å².